The molecule has 1 N–H and O–H groups in total. The van der Waals surface area contributed by atoms with Crippen molar-refractivity contribution in [2.45, 2.75) is 31.8 Å². The topological polar surface area (TPSA) is 63.9 Å². The molecular weight excluding hydrogens is 380 g/mol. The van der Waals surface area contributed by atoms with Gasteiger partial charge in [0.05, 0.1) is 12.9 Å². The summed E-state index contributed by atoms with van der Waals surface area (Å²) < 4.78 is 17.9. The van der Waals surface area contributed by atoms with Crippen molar-refractivity contribution < 1.29 is 18.7 Å². The highest BCUT2D eigenvalue weighted by atomic mass is 16.7. The number of benzene rings is 2. The molecule has 154 valence electrons. The summed E-state index contributed by atoms with van der Waals surface area (Å²) in [6.07, 6.45) is 2.96. The van der Waals surface area contributed by atoms with Crippen LogP contribution in [-0.2, 0) is 17.9 Å². The predicted molar refractivity (Wildman–Crippen MR) is 112 cm³/mol. The Morgan fingerprint density at radius 1 is 1.03 bits per heavy atom. The highest BCUT2D eigenvalue weighted by Crippen LogP contribution is 2.39. The minimum absolute atomic E-state index is 0.0481. The van der Waals surface area contributed by atoms with Gasteiger partial charge in [0.25, 0.3) is 0 Å². The van der Waals surface area contributed by atoms with E-state index in [0.29, 0.717) is 39.1 Å². The summed E-state index contributed by atoms with van der Waals surface area (Å²) in [5.74, 6) is 1.02. The zero-order valence-electron chi connectivity index (χ0n) is 16.7. The van der Waals surface area contributed by atoms with E-state index in [1.54, 1.807) is 6.26 Å². The van der Waals surface area contributed by atoms with Gasteiger partial charge in [-0.25, -0.2) is 4.79 Å². The molecule has 0 radical (unpaired) electrons. The maximum absolute atomic E-state index is 12.5. The minimum Gasteiger partial charge on any atom is -0.464 e. The van der Waals surface area contributed by atoms with E-state index >= 15 is 0 Å². The lowest BCUT2D eigenvalue weighted by Crippen LogP contribution is -2.54. The van der Waals surface area contributed by atoms with E-state index in [9.17, 15) is 4.79 Å². The van der Waals surface area contributed by atoms with E-state index < -0.39 is 5.79 Å². The molecule has 6 nitrogen and oxygen atoms in total. The largest absolute Gasteiger partial charge is 0.464 e. The van der Waals surface area contributed by atoms with Crippen LogP contribution in [0.4, 0.5) is 4.79 Å². The SMILES string of the molecule is O=C(NCc1ccccc1)N1CCC2(CC1)OCc1cc(-c3ccco3)ccc1O2. The molecule has 2 aliphatic rings. The van der Waals surface area contributed by atoms with Gasteiger partial charge in [-0.3, -0.25) is 0 Å². The van der Waals surface area contributed by atoms with E-state index in [1.165, 1.54) is 0 Å². The summed E-state index contributed by atoms with van der Waals surface area (Å²) >= 11 is 0. The predicted octanol–water partition coefficient (Wildman–Crippen LogP) is 4.56. The van der Waals surface area contributed by atoms with Gasteiger partial charge in [-0.15, -0.1) is 0 Å². The molecule has 1 spiro atoms. The van der Waals surface area contributed by atoms with Crippen LogP contribution in [0, 0.1) is 0 Å². The maximum atomic E-state index is 12.5. The van der Waals surface area contributed by atoms with Crippen molar-refractivity contribution in [1.82, 2.24) is 10.2 Å². The Morgan fingerprint density at radius 3 is 2.63 bits per heavy atom. The third-order valence-electron chi connectivity index (χ3n) is 5.75. The zero-order valence-corrected chi connectivity index (χ0v) is 16.7. The van der Waals surface area contributed by atoms with Crippen molar-refractivity contribution in [1.29, 1.82) is 0 Å². The molecule has 2 aromatic carbocycles. The molecule has 0 saturated carbocycles. The molecule has 30 heavy (non-hydrogen) atoms. The summed E-state index contributed by atoms with van der Waals surface area (Å²) in [5.41, 5.74) is 3.10. The molecule has 2 amide bonds. The zero-order chi connectivity index (χ0) is 20.4. The summed E-state index contributed by atoms with van der Waals surface area (Å²) in [6.45, 7) is 2.21. The first kappa shape index (κ1) is 18.8. The Labute approximate surface area is 175 Å². The number of ether oxygens (including phenoxy) is 2. The number of fused-ring (bicyclic) bond motifs is 1. The van der Waals surface area contributed by atoms with E-state index in [0.717, 1.165) is 28.2 Å². The highest BCUT2D eigenvalue weighted by molar-refractivity contribution is 5.74. The van der Waals surface area contributed by atoms with Crippen molar-refractivity contribution in [3.63, 3.8) is 0 Å². The second-order valence-corrected chi connectivity index (χ2v) is 7.73. The molecule has 5 rings (SSSR count). The van der Waals surface area contributed by atoms with Crippen LogP contribution in [0.25, 0.3) is 11.3 Å². The molecule has 0 aliphatic carbocycles. The summed E-state index contributed by atoms with van der Waals surface area (Å²) in [7, 11) is 0. The lowest BCUT2D eigenvalue weighted by molar-refractivity contribution is -0.225. The fourth-order valence-electron chi connectivity index (χ4n) is 4.01. The number of urea groups is 1. The van der Waals surface area contributed by atoms with Crippen molar-refractivity contribution in [3.05, 3.63) is 78.1 Å². The Balaban J connectivity index is 1.19. The van der Waals surface area contributed by atoms with Crippen molar-refractivity contribution in [2.75, 3.05) is 13.1 Å². The molecule has 3 heterocycles. The van der Waals surface area contributed by atoms with Crippen molar-refractivity contribution in [2.24, 2.45) is 0 Å². The number of rotatable bonds is 3. The van der Waals surface area contributed by atoms with Crippen LogP contribution < -0.4 is 10.1 Å². The van der Waals surface area contributed by atoms with Crippen LogP contribution in [0.2, 0.25) is 0 Å². The van der Waals surface area contributed by atoms with Gasteiger partial charge < -0.3 is 24.1 Å². The third-order valence-corrected chi connectivity index (χ3v) is 5.75. The molecule has 1 aromatic heterocycles. The fourth-order valence-corrected chi connectivity index (χ4v) is 4.01. The van der Waals surface area contributed by atoms with Crippen molar-refractivity contribution in [3.8, 4) is 17.1 Å². The average Bonchev–Trinajstić information content (AvgIpc) is 3.33. The number of hydrogen-bond donors (Lipinski definition) is 1. The molecule has 0 atom stereocenters. The number of furan rings is 1. The van der Waals surface area contributed by atoms with Gasteiger partial charge in [-0.05, 0) is 35.9 Å². The number of likely N-dealkylation sites (tertiary alicyclic amines) is 1. The number of piperidine rings is 1. The molecule has 0 bridgehead atoms. The van der Waals surface area contributed by atoms with Crippen LogP contribution in [-0.4, -0.2) is 29.8 Å². The average molecular weight is 404 g/mol. The smallest absolute Gasteiger partial charge is 0.317 e. The van der Waals surface area contributed by atoms with Crippen LogP contribution >= 0.6 is 0 Å². The summed E-state index contributed by atoms with van der Waals surface area (Å²) in [4.78, 5) is 14.3. The lowest BCUT2D eigenvalue weighted by Gasteiger charge is -2.43. The monoisotopic (exact) mass is 404 g/mol. The van der Waals surface area contributed by atoms with Gasteiger partial charge in [-0.2, -0.15) is 0 Å². The van der Waals surface area contributed by atoms with Gasteiger partial charge in [0.2, 0.25) is 5.79 Å². The Bertz CT molecular complexity index is 1010. The van der Waals surface area contributed by atoms with Gasteiger partial charge in [0, 0.05) is 43.6 Å². The minimum atomic E-state index is -0.657. The second kappa shape index (κ2) is 7.88. The van der Waals surface area contributed by atoms with Gasteiger partial charge in [0.15, 0.2) is 0 Å². The number of hydrogen-bond acceptors (Lipinski definition) is 4. The summed E-state index contributed by atoms with van der Waals surface area (Å²) in [6, 6.07) is 19.7. The standard InChI is InChI=1S/C24H24N2O4/c27-23(25-16-18-5-2-1-3-6-18)26-12-10-24(11-13-26)29-17-20-15-19(8-9-22(20)30-24)21-7-4-14-28-21/h1-9,14-15H,10-13,16-17H2,(H,25,27). The van der Waals surface area contributed by atoms with Crippen molar-refractivity contribution >= 4 is 6.03 Å². The van der Waals surface area contributed by atoms with Crippen LogP contribution in [0.15, 0.2) is 71.3 Å². The van der Waals surface area contributed by atoms with Gasteiger partial charge in [-0.1, -0.05) is 30.3 Å². The van der Waals surface area contributed by atoms with E-state index in [-0.39, 0.29) is 6.03 Å². The number of nitrogens with zero attached hydrogens (tertiary/aromatic N) is 1. The summed E-state index contributed by atoms with van der Waals surface area (Å²) in [5, 5.41) is 2.99. The second-order valence-electron chi connectivity index (χ2n) is 7.73. The Kier molecular flexibility index (Phi) is 4.93. The van der Waals surface area contributed by atoms with Gasteiger partial charge >= 0.3 is 6.03 Å². The molecule has 2 aliphatic heterocycles. The van der Waals surface area contributed by atoms with Crippen LogP contribution in [0.5, 0.6) is 5.75 Å². The molecule has 1 saturated heterocycles. The Hall–Kier alpha value is -3.25. The highest BCUT2D eigenvalue weighted by Gasteiger charge is 2.42. The first-order valence-corrected chi connectivity index (χ1v) is 10.3. The number of carbonyl (C=O) groups is 1. The number of amides is 2. The van der Waals surface area contributed by atoms with E-state index in [2.05, 4.69) is 5.32 Å². The molecule has 0 unspecified atom stereocenters. The molecule has 6 heteroatoms. The number of nitrogens with one attached hydrogen (secondary N) is 1. The van der Waals surface area contributed by atoms with Gasteiger partial charge in [0.1, 0.15) is 11.5 Å². The lowest BCUT2D eigenvalue weighted by atomic mass is 10.0. The van der Waals surface area contributed by atoms with Crippen LogP contribution in [0.1, 0.15) is 24.0 Å². The van der Waals surface area contributed by atoms with E-state index in [1.807, 2.05) is 65.6 Å². The van der Waals surface area contributed by atoms with E-state index in [4.69, 9.17) is 13.9 Å². The Morgan fingerprint density at radius 2 is 1.87 bits per heavy atom. The molecule has 1 fully saturated rings. The molecule has 3 aromatic rings. The normalized spacial score (nSPS) is 17.3. The number of carbonyl (C=O) groups excluding carboxylic acids is 1. The quantitative estimate of drug-likeness (QED) is 0.695. The first-order chi connectivity index (χ1) is 14.7. The third kappa shape index (κ3) is 3.78. The fraction of sp³-hybridized carbons (Fsp3) is 0.292. The maximum Gasteiger partial charge on any atom is 0.317 e. The first-order valence-electron chi connectivity index (χ1n) is 10.3. The van der Waals surface area contributed by atoms with Crippen LogP contribution in [0.3, 0.4) is 0 Å². The molecular formula is C24H24N2O4.